The van der Waals surface area contributed by atoms with Crippen LogP contribution in [-0.2, 0) is 6.54 Å². The van der Waals surface area contributed by atoms with Crippen LogP contribution in [0.3, 0.4) is 0 Å². The molecule has 2 aromatic heterocycles. The first-order valence-corrected chi connectivity index (χ1v) is 9.21. The minimum Gasteiger partial charge on any atom is -0.366 e. The Bertz CT molecular complexity index is 903. The van der Waals surface area contributed by atoms with Crippen LogP contribution in [0.2, 0.25) is 0 Å². The van der Waals surface area contributed by atoms with Crippen LogP contribution in [0, 0.1) is 6.92 Å². The molecule has 4 nitrogen and oxygen atoms in total. The summed E-state index contributed by atoms with van der Waals surface area (Å²) in [5.41, 5.74) is 10.3. The van der Waals surface area contributed by atoms with Gasteiger partial charge in [0.2, 0.25) is 0 Å². The number of H-pyrrole nitrogens is 1. The van der Waals surface area contributed by atoms with E-state index in [9.17, 15) is 4.79 Å². The largest absolute Gasteiger partial charge is 0.366 e. The summed E-state index contributed by atoms with van der Waals surface area (Å²) in [4.78, 5) is 18.9. The van der Waals surface area contributed by atoms with Gasteiger partial charge in [0.1, 0.15) is 0 Å². The van der Waals surface area contributed by atoms with Crippen molar-refractivity contribution >= 4 is 28.1 Å². The molecule has 0 aliphatic carbocycles. The van der Waals surface area contributed by atoms with Crippen LogP contribution in [0.15, 0.2) is 29.8 Å². The molecule has 1 aliphatic rings. The number of nitrogens with zero attached hydrogens (tertiary/aromatic N) is 1. The van der Waals surface area contributed by atoms with Gasteiger partial charge < -0.3 is 10.7 Å². The molecule has 1 fully saturated rings. The van der Waals surface area contributed by atoms with Gasteiger partial charge in [-0.15, -0.1) is 11.3 Å². The van der Waals surface area contributed by atoms with Crippen molar-refractivity contribution in [2.24, 2.45) is 5.73 Å². The summed E-state index contributed by atoms with van der Waals surface area (Å²) in [6.07, 6.45) is 4.54. The number of benzene rings is 1. The average molecular weight is 339 g/mol. The molecule has 0 saturated carbocycles. The Labute approximate surface area is 145 Å². The van der Waals surface area contributed by atoms with E-state index < -0.39 is 5.91 Å². The van der Waals surface area contributed by atoms with Crippen LogP contribution in [-0.4, -0.2) is 28.9 Å². The van der Waals surface area contributed by atoms with Crippen LogP contribution in [0.5, 0.6) is 0 Å². The molecule has 3 aromatic rings. The zero-order valence-electron chi connectivity index (χ0n) is 13.8. The first-order chi connectivity index (χ1) is 11.6. The highest BCUT2D eigenvalue weighted by molar-refractivity contribution is 7.10. The Kier molecular flexibility index (Phi) is 3.90. The number of fused-ring (bicyclic) bond motifs is 1. The van der Waals surface area contributed by atoms with E-state index in [0.717, 1.165) is 28.6 Å². The molecule has 1 amide bonds. The second-order valence-electron chi connectivity index (χ2n) is 6.57. The molecule has 0 unspecified atom stereocenters. The summed E-state index contributed by atoms with van der Waals surface area (Å²) in [5.74, 6) is -0.392. The number of aryl methyl sites for hydroxylation is 1. The Morgan fingerprint density at radius 3 is 2.79 bits per heavy atom. The monoisotopic (exact) mass is 339 g/mol. The number of nitrogens with two attached hydrogens (primary N) is 1. The van der Waals surface area contributed by atoms with Crippen LogP contribution >= 0.6 is 11.3 Å². The number of carbonyl (C=O) groups is 1. The molecule has 5 heteroatoms. The maximum Gasteiger partial charge on any atom is 0.250 e. The lowest BCUT2D eigenvalue weighted by Gasteiger charge is -2.12. The number of thiophene rings is 1. The second-order valence-corrected chi connectivity index (χ2v) is 7.56. The maximum atomic E-state index is 11.8. The smallest absolute Gasteiger partial charge is 0.250 e. The molecule has 0 spiro atoms. The normalized spacial score (nSPS) is 15.4. The van der Waals surface area contributed by atoms with Crippen molar-refractivity contribution in [3.05, 3.63) is 45.8 Å². The van der Waals surface area contributed by atoms with Crippen molar-refractivity contribution < 1.29 is 4.79 Å². The fraction of sp³-hybridized carbons (Fsp3) is 0.316. The molecule has 3 heterocycles. The fourth-order valence-corrected chi connectivity index (χ4v) is 4.44. The van der Waals surface area contributed by atoms with E-state index in [2.05, 4.69) is 27.4 Å². The molecule has 4 rings (SSSR count). The number of hydrogen-bond donors (Lipinski definition) is 2. The predicted molar refractivity (Wildman–Crippen MR) is 99.4 cm³/mol. The number of likely N-dealkylation sites (tertiary alicyclic amines) is 1. The molecular formula is C19H21N3OS. The summed E-state index contributed by atoms with van der Waals surface area (Å²) in [6.45, 7) is 5.47. The summed E-state index contributed by atoms with van der Waals surface area (Å²) >= 11 is 1.79. The molecule has 0 atom stereocenters. The van der Waals surface area contributed by atoms with Gasteiger partial charge in [-0.2, -0.15) is 0 Å². The molecule has 0 bridgehead atoms. The van der Waals surface area contributed by atoms with E-state index in [1.54, 1.807) is 11.3 Å². The van der Waals surface area contributed by atoms with E-state index in [0.29, 0.717) is 5.56 Å². The Morgan fingerprint density at radius 1 is 1.25 bits per heavy atom. The van der Waals surface area contributed by atoms with Crippen molar-refractivity contribution in [1.29, 1.82) is 0 Å². The standard InChI is InChI=1S/C19H21N3OS/c1-12-9-21-18-16(12)7-13(8-17(18)19(20)23)14-6-15(24-11-14)10-22-4-2-3-5-22/h6-9,11,21H,2-5,10H2,1H3,(H2,20,23). The third-order valence-corrected chi connectivity index (χ3v) is 5.75. The van der Waals surface area contributed by atoms with Gasteiger partial charge in [0, 0.05) is 23.0 Å². The third kappa shape index (κ3) is 2.74. The number of primary amides is 1. The van der Waals surface area contributed by atoms with Crippen molar-refractivity contribution in [1.82, 2.24) is 9.88 Å². The molecular weight excluding hydrogens is 318 g/mol. The summed E-state index contributed by atoms with van der Waals surface area (Å²) in [7, 11) is 0. The van der Waals surface area contributed by atoms with Gasteiger partial charge >= 0.3 is 0 Å². The first-order valence-electron chi connectivity index (χ1n) is 8.33. The van der Waals surface area contributed by atoms with Crippen molar-refractivity contribution in [3.8, 4) is 11.1 Å². The third-order valence-electron chi connectivity index (χ3n) is 4.83. The SMILES string of the molecule is Cc1c[nH]c2c(C(N)=O)cc(-c3csc(CN4CCCC4)c3)cc12. The number of rotatable bonds is 4. The highest BCUT2D eigenvalue weighted by Gasteiger charge is 2.16. The van der Waals surface area contributed by atoms with Crippen LogP contribution in [0.25, 0.3) is 22.0 Å². The van der Waals surface area contributed by atoms with Crippen molar-refractivity contribution in [3.63, 3.8) is 0 Å². The minimum absolute atomic E-state index is 0.392. The Hall–Kier alpha value is -2.11. The predicted octanol–water partition coefficient (Wildman–Crippen LogP) is 3.90. The zero-order valence-corrected chi connectivity index (χ0v) is 14.6. The van der Waals surface area contributed by atoms with Crippen LogP contribution in [0.4, 0.5) is 0 Å². The number of hydrogen-bond acceptors (Lipinski definition) is 3. The van der Waals surface area contributed by atoms with E-state index in [1.165, 1.54) is 36.4 Å². The number of aromatic nitrogens is 1. The Morgan fingerprint density at radius 2 is 2.04 bits per heavy atom. The van der Waals surface area contributed by atoms with E-state index in [1.807, 2.05) is 19.2 Å². The first kappa shape index (κ1) is 15.4. The van der Waals surface area contributed by atoms with E-state index in [-0.39, 0.29) is 0 Å². The lowest BCUT2D eigenvalue weighted by molar-refractivity contribution is 0.100. The molecule has 124 valence electrons. The number of amides is 1. The van der Waals surface area contributed by atoms with Gasteiger partial charge in [-0.3, -0.25) is 9.69 Å². The summed E-state index contributed by atoms with van der Waals surface area (Å²) < 4.78 is 0. The molecule has 24 heavy (non-hydrogen) atoms. The molecule has 1 saturated heterocycles. The lowest BCUT2D eigenvalue weighted by Crippen LogP contribution is -2.17. The second kappa shape index (κ2) is 6.07. The fourth-order valence-electron chi connectivity index (χ4n) is 3.50. The van der Waals surface area contributed by atoms with Crippen molar-refractivity contribution in [2.75, 3.05) is 13.1 Å². The van der Waals surface area contributed by atoms with Gasteiger partial charge in [0.25, 0.3) is 5.91 Å². The van der Waals surface area contributed by atoms with E-state index in [4.69, 9.17) is 5.73 Å². The average Bonchev–Trinajstić information content (AvgIpc) is 3.29. The van der Waals surface area contributed by atoms with Gasteiger partial charge in [-0.25, -0.2) is 0 Å². The highest BCUT2D eigenvalue weighted by atomic mass is 32.1. The Balaban J connectivity index is 1.72. The number of nitrogens with one attached hydrogen (secondary N) is 1. The summed E-state index contributed by atoms with van der Waals surface area (Å²) in [6, 6.07) is 6.30. The quantitative estimate of drug-likeness (QED) is 0.757. The number of carbonyl (C=O) groups excluding carboxylic acids is 1. The minimum atomic E-state index is -0.392. The van der Waals surface area contributed by atoms with Crippen LogP contribution in [0.1, 0.15) is 33.6 Å². The van der Waals surface area contributed by atoms with Gasteiger partial charge in [-0.05, 0) is 73.1 Å². The maximum absolute atomic E-state index is 11.8. The molecule has 0 radical (unpaired) electrons. The zero-order chi connectivity index (χ0) is 16.7. The topological polar surface area (TPSA) is 62.1 Å². The lowest BCUT2D eigenvalue weighted by atomic mass is 10.0. The van der Waals surface area contributed by atoms with Crippen molar-refractivity contribution in [2.45, 2.75) is 26.3 Å². The van der Waals surface area contributed by atoms with Crippen LogP contribution < -0.4 is 5.73 Å². The summed E-state index contributed by atoms with van der Waals surface area (Å²) in [5, 5.41) is 3.24. The van der Waals surface area contributed by atoms with Gasteiger partial charge in [0.15, 0.2) is 0 Å². The molecule has 1 aliphatic heterocycles. The van der Waals surface area contributed by atoms with Gasteiger partial charge in [-0.1, -0.05) is 0 Å². The highest BCUT2D eigenvalue weighted by Crippen LogP contribution is 2.32. The van der Waals surface area contributed by atoms with E-state index >= 15 is 0 Å². The van der Waals surface area contributed by atoms with Gasteiger partial charge in [0.05, 0.1) is 11.1 Å². The number of aromatic amines is 1. The molecule has 1 aromatic carbocycles. The molecule has 3 N–H and O–H groups in total.